The van der Waals surface area contributed by atoms with Crippen molar-refractivity contribution in [2.45, 2.75) is 18.3 Å². The van der Waals surface area contributed by atoms with Crippen LogP contribution in [0.4, 0.5) is 0 Å². The molecule has 8 heteroatoms. The molecule has 0 saturated heterocycles. The van der Waals surface area contributed by atoms with E-state index < -0.39 is 0 Å². The van der Waals surface area contributed by atoms with E-state index in [1.54, 1.807) is 16.0 Å². The van der Waals surface area contributed by atoms with Crippen LogP contribution >= 0.6 is 27.3 Å². The van der Waals surface area contributed by atoms with E-state index in [2.05, 4.69) is 36.4 Å². The van der Waals surface area contributed by atoms with Gasteiger partial charge in [0.25, 0.3) is 0 Å². The van der Waals surface area contributed by atoms with Crippen LogP contribution in [0.1, 0.15) is 23.3 Å². The largest absolute Gasteiger partial charge is 0.337 e. The number of rotatable bonds is 4. The van der Waals surface area contributed by atoms with E-state index in [-0.39, 0.29) is 4.83 Å². The van der Waals surface area contributed by atoms with Gasteiger partial charge < -0.3 is 4.52 Å². The Morgan fingerprint density at radius 2 is 2.42 bits per heavy atom. The topological polar surface area (TPSA) is 69.6 Å². The minimum atomic E-state index is 0.172. The van der Waals surface area contributed by atoms with Crippen LogP contribution < -0.4 is 0 Å². The maximum Gasteiger partial charge on any atom is 0.248 e. The summed E-state index contributed by atoms with van der Waals surface area (Å²) in [6.07, 6.45) is 1.86. The van der Waals surface area contributed by atoms with E-state index in [1.807, 2.05) is 29.9 Å². The molecule has 0 radical (unpaired) electrons. The molecule has 19 heavy (non-hydrogen) atoms. The average molecular weight is 340 g/mol. The van der Waals surface area contributed by atoms with Gasteiger partial charge in [-0.2, -0.15) is 16.3 Å². The van der Waals surface area contributed by atoms with Crippen LogP contribution in [-0.2, 0) is 6.54 Å². The summed E-state index contributed by atoms with van der Waals surface area (Å²) in [5.41, 5.74) is 1.84. The normalized spacial score (nSPS) is 12.7. The first kappa shape index (κ1) is 12.5. The van der Waals surface area contributed by atoms with E-state index in [0.29, 0.717) is 18.3 Å². The number of hydrogen-bond donors (Lipinski definition) is 0. The molecule has 0 aliphatic rings. The highest BCUT2D eigenvalue weighted by molar-refractivity contribution is 9.09. The van der Waals surface area contributed by atoms with Gasteiger partial charge in [-0.1, -0.05) is 26.3 Å². The van der Waals surface area contributed by atoms with Gasteiger partial charge >= 0.3 is 0 Å². The van der Waals surface area contributed by atoms with Crippen molar-refractivity contribution >= 4 is 27.3 Å². The Labute approximate surface area is 121 Å². The molecule has 3 aromatic heterocycles. The molecule has 0 fully saturated rings. The first-order valence-corrected chi connectivity index (χ1v) is 7.47. The molecule has 3 aromatic rings. The third-order valence-electron chi connectivity index (χ3n) is 2.51. The molecule has 0 N–H and O–H groups in total. The lowest BCUT2D eigenvalue weighted by molar-refractivity contribution is 0.364. The van der Waals surface area contributed by atoms with Crippen molar-refractivity contribution in [1.82, 2.24) is 25.1 Å². The zero-order chi connectivity index (χ0) is 13.2. The van der Waals surface area contributed by atoms with Crippen LogP contribution in [0.3, 0.4) is 0 Å². The maximum atomic E-state index is 5.21. The molecule has 0 amide bonds. The second-order valence-electron chi connectivity index (χ2n) is 3.98. The van der Waals surface area contributed by atoms with Gasteiger partial charge in [0, 0.05) is 10.9 Å². The molecule has 3 heterocycles. The molecule has 0 aliphatic carbocycles. The molecule has 1 atom stereocenters. The fourth-order valence-electron chi connectivity index (χ4n) is 1.54. The summed E-state index contributed by atoms with van der Waals surface area (Å²) in [6, 6.07) is 1.96. The van der Waals surface area contributed by atoms with Crippen molar-refractivity contribution in [1.29, 1.82) is 0 Å². The lowest BCUT2D eigenvalue weighted by Crippen LogP contribution is -2.00. The second-order valence-corrected chi connectivity index (χ2v) is 6.13. The van der Waals surface area contributed by atoms with E-state index in [9.17, 15) is 0 Å². The predicted octanol–water partition coefficient (Wildman–Crippen LogP) is 2.89. The van der Waals surface area contributed by atoms with Crippen LogP contribution in [-0.4, -0.2) is 25.1 Å². The van der Waals surface area contributed by atoms with Gasteiger partial charge in [-0.15, -0.1) is 5.10 Å². The molecular weight excluding hydrogens is 330 g/mol. The van der Waals surface area contributed by atoms with Gasteiger partial charge in [-0.3, -0.25) is 0 Å². The summed E-state index contributed by atoms with van der Waals surface area (Å²) in [5.74, 6) is 1.12. The Morgan fingerprint density at radius 3 is 3.11 bits per heavy atom. The third-order valence-corrected chi connectivity index (χ3v) is 3.66. The van der Waals surface area contributed by atoms with Crippen molar-refractivity contribution in [3.63, 3.8) is 0 Å². The number of thiophene rings is 1. The number of halogens is 1. The molecule has 0 aliphatic heterocycles. The highest BCUT2D eigenvalue weighted by atomic mass is 79.9. The molecule has 0 aromatic carbocycles. The highest BCUT2D eigenvalue weighted by Gasteiger charge is 2.11. The Balaban J connectivity index is 1.76. The smallest absolute Gasteiger partial charge is 0.248 e. The summed E-state index contributed by atoms with van der Waals surface area (Å²) in [7, 11) is 0. The number of alkyl halides is 1. The lowest BCUT2D eigenvalue weighted by Gasteiger charge is -1.94. The van der Waals surface area contributed by atoms with Crippen molar-refractivity contribution < 1.29 is 4.52 Å². The number of hydrogen-bond acceptors (Lipinski definition) is 6. The molecule has 0 spiro atoms. The Kier molecular flexibility index (Phi) is 3.43. The summed E-state index contributed by atoms with van der Waals surface area (Å²) >= 11 is 5.05. The quantitative estimate of drug-likeness (QED) is 0.683. The van der Waals surface area contributed by atoms with Gasteiger partial charge in [-0.05, 0) is 18.4 Å². The minimum Gasteiger partial charge on any atom is -0.337 e. The Bertz CT molecular complexity index is 660. The fourth-order valence-corrected chi connectivity index (χ4v) is 2.38. The minimum absolute atomic E-state index is 0.172. The zero-order valence-corrected chi connectivity index (χ0v) is 12.4. The van der Waals surface area contributed by atoms with Crippen molar-refractivity contribution in [2.24, 2.45) is 0 Å². The van der Waals surface area contributed by atoms with Gasteiger partial charge in [-0.25, -0.2) is 4.68 Å². The molecule has 3 rings (SSSR count). The van der Waals surface area contributed by atoms with Gasteiger partial charge in [0.2, 0.25) is 11.7 Å². The molecule has 98 valence electrons. The van der Waals surface area contributed by atoms with Gasteiger partial charge in [0.15, 0.2) is 0 Å². The van der Waals surface area contributed by atoms with E-state index in [0.717, 1.165) is 11.3 Å². The zero-order valence-electron chi connectivity index (χ0n) is 10.0. The maximum absolute atomic E-state index is 5.21. The molecule has 0 bridgehead atoms. The fraction of sp³-hybridized carbons (Fsp3) is 0.273. The number of aromatic nitrogens is 5. The summed E-state index contributed by atoms with van der Waals surface area (Å²) in [6.45, 7) is 2.42. The molecule has 0 saturated carbocycles. The van der Waals surface area contributed by atoms with Crippen LogP contribution in [0, 0.1) is 0 Å². The Morgan fingerprint density at radius 1 is 1.53 bits per heavy atom. The number of nitrogens with zero attached hydrogens (tertiary/aromatic N) is 5. The van der Waals surface area contributed by atoms with E-state index >= 15 is 0 Å². The van der Waals surface area contributed by atoms with Crippen molar-refractivity contribution in [3.05, 3.63) is 34.6 Å². The second kappa shape index (κ2) is 5.22. The van der Waals surface area contributed by atoms with E-state index in [1.165, 1.54) is 0 Å². The molecule has 6 nitrogen and oxygen atoms in total. The van der Waals surface area contributed by atoms with Crippen LogP contribution in [0.5, 0.6) is 0 Å². The predicted molar refractivity (Wildman–Crippen MR) is 74.1 cm³/mol. The summed E-state index contributed by atoms with van der Waals surface area (Å²) in [5, 5.41) is 16.0. The van der Waals surface area contributed by atoms with Crippen LogP contribution in [0.2, 0.25) is 0 Å². The lowest BCUT2D eigenvalue weighted by atomic mass is 10.3. The van der Waals surface area contributed by atoms with Crippen LogP contribution in [0.15, 0.2) is 27.5 Å². The monoisotopic (exact) mass is 339 g/mol. The first-order valence-electron chi connectivity index (χ1n) is 5.61. The molecule has 1 unspecified atom stereocenters. The first-order chi connectivity index (χ1) is 9.22. The van der Waals surface area contributed by atoms with Crippen LogP contribution in [0.25, 0.3) is 11.4 Å². The summed E-state index contributed by atoms with van der Waals surface area (Å²) in [4.78, 5) is 4.50. The van der Waals surface area contributed by atoms with Gasteiger partial charge in [0.05, 0.1) is 16.7 Å². The van der Waals surface area contributed by atoms with E-state index in [4.69, 9.17) is 4.52 Å². The average Bonchev–Trinajstić information content (AvgIpc) is 3.09. The van der Waals surface area contributed by atoms with Crippen molar-refractivity contribution in [2.75, 3.05) is 0 Å². The third kappa shape index (κ3) is 2.74. The highest BCUT2D eigenvalue weighted by Crippen LogP contribution is 2.20. The SMILES string of the molecule is CC(Br)c1cn(Cc2nc(-c3ccsc3)no2)nn1. The van der Waals surface area contributed by atoms with Crippen molar-refractivity contribution in [3.8, 4) is 11.4 Å². The van der Waals surface area contributed by atoms with Gasteiger partial charge in [0.1, 0.15) is 6.54 Å². The Hall–Kier alpha value is -1.54. The molecular formula is C11H10BrN5OS. The standard InChI is InChI=1S/C11H10BrN5OS/c1-7(12)9-4-17(16-14-9)5-10-13-11(15-18-10)8-2-3-19-6-8/h2-4,6-7H,5H2,1H3. The summed E-state index contributed by atoms with van der Waals surface area (Å²) < 4.78 is 6.88.